The Bertz CT molecular complexity index is 1060. The Labute approximate surface area is 172 Å². The summed E-state index contributed by atoms with van der Waals surface area (Å²) in [6, 6.07) is 11.8. The Kier molecular flexibility index (Phi) is 6.75. The van der Waals surface area contributed by atoms with Crippen LogP contribution in [0, 0.1) is 13.8 Å². The van der Waals surface area contributed by atoms with Gasteiger partial charge in [0, 0.05) is 19.6 Å². The normalized spacial score (nSPS) is 16.1. The van der Waals surface area contributed by atoms with Crippen molar-refractivity contribution in [2.24, 2.45) is 0 Å². The third-order valence-corrected chi connectivity index (χ3v) is 8.39. The molecule has 7 nitrogen and oxygen atoms in total. The van der Waals surface area contributed by atoms with Gasteiger partial charge < -0.3 is 4.74 Å². The van der Waals surface area contributed by atoms with E-state index in [9.17, 15) is 16.8 Å². The summed E-state index contributed by atoms with van der Waals surface area (Å²) >= 11 is 0. The highest BCUT2D eigenvalue weighted by molar-refractivity contribution is 7.89. The number of morpholine rings is 1. The Hall–Kier alpha value is -1.78. The van der Waals surface area contributed by atoms with Gasteiger partial charge in [-0.15, -0.1) is 0 Å². The fraction of sp³-hybridized carbons (Fsp3) is 0.400. The van der Waals surface area contributed by atoms with Crippen molar-refractivity contribution in [3.63, 3.8) is 0 Å². The quantitative estimate of drug-likeness (QED) is 0.712. The van der Waals surface area contributed by atoms with Crippen LogP contribution in [-0.2, 0) is 31.2 Å². The van der Waals surface area contributed by atoms with Gasteiger partial charge in [-0.2, -0.15) is 4.31 Å². The van der Waals surface area contributed by atoms with E-state index in [-0.39, 0.29) is 16.3 Å². The molecule has 2 aromatic carbocycles. The number of nitrogens with one attached hydrogen (secondary N) is 1. The number of hydrogen-bond acceptors (Lipinski definition) is 5. The largest absolute Gasteiger partial charge is 0.379 e. The molecule has 0 amide bonds. The minimum absolute atomic E-state index is 0.227. The molecule has 2 aromatic rings. The summed E-state index contributed by atoms with van der Waals surface area (Å²) in [7, 11) is -7.11. The van der Waals surface area contributed by atoms with Gasteiger partial charge in [0.15, 0.2) is 0 Å². The first kappa shape index (κ1) is 21.9. The van der Waals surface area contributed by atoms with E-state index in [1.165, 1.54) is 4.31 Å². The number of rotatable bonds is 7. The molecule has 1 fully saturated rings. The van der Waals surface area contributed by atoms with E-state index in [2.05, 4.69) is 4.72 Å². The summed E-state index contributed by atoms with van der Waals surface area (Å²) in [6.07, 6.45) is 0.460. The molecule has 1 aliphatic rings. The number of benzene rings is 2. The first-order chi connectivity index (χ1) is 13.7. The number of nitrogens with zero attached hydrogens (tertiary/aromatic N) is 1. The topological polar surface area (TPSA) is 92.8 Å². The lowest BCUT2D eigenvalue weighted by molar-refractivity contribution is 0.0730. The highest BCUT2D eigenvalue weighted by Gasteiger charge is 2.26. The lowest BCUT2D eigenvalue weighted by Crippen LogP contribution is -2.40. The van der Waals surface area contributed by atoms with Crippen LogP contribution in [0.25, 0.3) is 0 Å². The third-order valence-electron chi connectivity index (χ3n) is 4.86. The molecule has 0 bridgehead atoms. The molecule has 3 rings (SSSR count). The number of aryl methyl sites for hydroxylation is 2. The number of sulfonamides is 2. The Balaban J connectivity index is 1.61. The van der Waals surface area contributed by atoms with Crippen LogP contribution >= 0.6 is 0 Å². The van der Waals surface area contributed by atoms with Gasteiger partial charge in [0.25, 0.3) is 0 Å². The first-order valence-electron chi connectivity index (χ1n) is 9.44. The van der Waals surface area contributed by atoms with Gasteiger partial charge in [-0.3, -0.25) is 0 Å². The second-order valence-corrected chi connectivity index (χ2v) is 10.8. The maximum Gasteiger partial charge on any atom is 0.243 e. The molecule has 1 aliphatic heterocycles. The molecule has 29 heavy (non-hydrogen) atoms. The third kappa shape index (κ3) is 5.23. The van der Waals surface area contributed by atoms with Crippen LogP contribution < -0.4 is 4.72 Å². The van der Waals surface area contributed by atoms with E-state index in [1.807, 2.05) is 13.0 Å². The van der Waals surface area contributed by atoms with Crippen molar-refractivity contribution >= 4 is 20.0 Å². The van der Waals surface area contributed by atoms with Crippen LogP contribution in [0.15, 0.2) is 52.3 Å². The van der Waals surface area contributed by atoms with Gasteiger partial charge in [-0.05, 0) is 49.6 Å². The second-order valence-electron chi connectivity index (χ2n) is 7.08. The van der Waals surface area contributed by atoms with Crippen molar-refractivity contribution in [1.82, 2.24) is 9.03 Å². The molecule has 1 heterocycles. The average molecular weight is 439 g/mol. The van der Waals surface area contributed by atoms with Crippen molar-refractivity contribution in [3.05, 3.63) is 59.2 Å². The van der Waals surface area contributed by atoms with E-state index in [0.29, 0.717) is 38.3 Å². The predicted octanol–water partition coefficient (Wildman–Crippen LogP) is 1.85. The molecule has 0 radical (unpaired) electrons. The zero-order chi connectivity index (χ0) is 21.1. The molecule has 1 saturated heterocycles. The van der Waals surface area contributed by atoms with Crippen LogP contribution in [0.1, 0.15) is 16.7 Å². The summed E-state index contributed by atoms with van der Waals surface area (Å²) in [5, 5.41) is 0. The summed E-state index contributed by atoms with van der Waals surface area (Å²) in [4.78, 5) is 0.508. The summed E-state index contributed by atoms with van der Waals surface area (Å²) in [5.41, 5.74) is 2.57. The summed E-state index contributed by atoms with van der Waals surface area (Å²) in [5.74, 6) is 0. The molecular weight excluding hydrogens is 412 g/mol. The molecule has 0 aliphatic carbocycles. The fourth-order valence-electron chi connectivity index (χ4n) is 3.27. The van der Waals surface area contributed by atoms with E-state index in [0.717, 1.165) is 11.1 Å². The van der Waals surface area contributed by atoms with Gasteiger partial charge >= 0.3 is 0 Å². The van der Waals surface area contributed by atoms with E-state index >= 15 is 0 Å². The first-order valence-corrected chi connectivity index (χ1v) is 12.4. The SMILES string of the molecule is Cc1ccc(S(=O)(=O)NCCc2ccc(S(=O)(=O)N3CCOCC3)cc2)c(C)c1. The Morgan fingerprint density at radius 1 is 0.966 bits per heavy atom. The van der Waals surface area contributed by atoms with Crippen molar-refractivity contribution in [2.45, 2.75) is 30.1 Å². The maximum atomic E-state index is 12.6. The molecule has 0 spiro atoms. The average Bonchev–Trinajstić information content (AvgIpc) is 2.68. The van der Waals surface area contributed by atoms with Crippen molar-refractivity contribution in [1.29, 1.82) is 0 Å². The zero-order valence-electron chi connectivity index (χ0n) is 16.6. The van der Waals surface area contributed by atoms with Crippen LogP contribution in [-0.4, -0.2) is 54.0 Å². The lowest BCUT2D eigenvalue weighted by atomic mass is 10.2. The molecule has 1 N–H and O–H groups in total. The molecule has 0 saturated carbocycles. The van der Waals surface area contributed by atoms with Crippen molar-refractivity contribution in [3.8, 4) is 0 Å². The van der Waals surface area contributed by atoms with Crippen LogP contribution in [0.5, 0.6) is 0 Å². The molecule has 0 aromatic heterocycles. The smallest absolute Gasteiger partial charge is 0.243 e. The van der Waals surface area contributed by atoms with Crippen LogP contribution in [0.2, 0.25) is 0 Å². The molecule has 9 heteroatoms. The van der Waals surface area contributed by atoms with Gasteiger partial charge in [0.2, 0.25) is 20.0 Å². The monoisotopic (exact) mass is 438 g/mol. The molecule has 158 valence electrons. The molecular formula is C20H26N2O5S2. The van der Waals surface area contributed by atoms with Crippen LogP contribution in [0.4, 0.5) is 0 Å². The minimum Gasteiger partial charge on any atom is -0.379 e. The fourth-order valence-corrected chi connectivity index (χ4v) is 5.94. The van der Waals surface area contributed by atoms with Crippen LogP contribution in [0.3, 0.4) is 0 Å². The molecule has 0 atom stereocenters. The second kappa shape index (κ2) is 8.93. The Morgan fingerprint density at radius 3 is 2.24 bits per heavy atom. The maximum absolute atomic E-state index is 12.6. The van der Waals surface area contributed by atoms with Gasteiger partial charge in [-0.1, -0.05) is 29.8 Å². The number of hydrogen-bond donors (Lipinski definition) is 1. The van der Waals surface area contributed by atoms with Crippen molar-refractivity contribution < 1.29 is 21.6 Å². The standard InChI is InChI=1S/C20H26N2O5S2/c1-16-3-8-20(17(2)15-16)28(23,24)21-10-9-18-4-6-19(7-5-18)29(25,26)22-11-13-27-14-12-22/h3-8,15,21H,9-14H2,1-2H3. The highest BCUT2D eigenvalue weighted by atomic mass is 32.2. The molecule has 0 unspecified atom stereocenters. The minimum atomic E-state index is -3.59. The van der Waals surface area contributed by atoms with Gasteiger partial charge in [0.05, 0.1) is 23.0 Å². The number of ether oxygens (including phenoxy) is 1. The van der Waals surface area contributed by atoms with E-state index < -0.39 is 20.0 Å². The van der Waals surface area contributed by atoms with Gasteiger partial charge in [-0.25, -0.2) is 21.6 Å². The summed E-state index contributed by atoms with van der Waals surface area (Å²) in [6.45, 7) is 5.42. The van der Waals surface area contributed by atoms with E-state index in [4.69, 9.17) is 4.74 Å². The zero-order valence-corrected chi connectivity index (χ0v) is 18.2. The highest BCUT2D eigenvalue weighted by Crippen LogP contribution is 2.19. The summed E-state index contributed by atoms with van der Waals surface area (Å²) < 4.78 is 59.5. The van der Waals surface area contributed by atoms with Crippen molar-refractivity contribution in [2.75, 3.05) is 32.8 Å². The lowest BCUT2D eigenvalue weighted by Gasteiger charge is -2.26. The Morgan fingerprint density at radius 2 is 1.62 bits per heavy atom. The van der Waals surface area contributed by atoms with Gasteiger partial charge in [0.1, 0.15) is 0 Å². The predicted molar refractivity (Wildman–Crippen MR) is 111 cm³/mol. The van der Waals surface area contributed by atoms with E-state index in [1.54, 1.807) is 43.3 Å².